The van der Waals surface area contributed by atoms with Crippen LogP contribution in [0.2, 0.25) is 0 Å². The molecule has 11 rings (SSSR count). The maximum absolute atomic E-state index is 6.45. The van der Waals surface area contributed by atoms with Crippen molar-refractivity contribution in [1.82, 2.24) is 9.55 Å². The third-order valence-corrected chi connectivity index (χ3v) is 11.0. The highest BCUT2D eigenvalue weighted by Crippen LogP contribution is 2.51. The van der Waals surface area contributed by atoms with Crippen LogP contribution in [0.3, 0.4) is 0 Å². The minimum absolute atomic E-state index is 0.0784. The molecule has 0 aliphatic heterocycles. The van der Waals surface area contributed by atoms with Gasteiger partial charge in [0.25, 0.3) is 0 Å². The Labute approximate surface area is 282 Å². The molecule has 3 heteroatoms. The first-order valence-corrected chi connectivity index (χ1v) is 17.0. The SMILES string of the molecule is CC1(C)c2ccccc2-c2cc3c4ccccc4n(-c4ccc5oc6ccc(-c7cccc8ccc9cccnc9c78)cc6c5c4)c3cc21. The molecule has 0 amide bonds. The number of benzene rings is 7. The molecule has 7 aromatic carbocycles. The van der Waals surface area contributed by atoms with E-state index in [-0.39, 0.29) is 5.41 Å². The quantitative estimate of drug-likeness (QED) is 0.179. The Morgan fingerprint density at radius 2 is 1.31 bits per heavy atom. The second-order valence-electron chi connectivity index (χ2n) is 14.0. The summed E-state index contributed by atoms with van der Waals surface area (Å²) in [5.41, 5.74) is 14.1. The van der Waals surface area contributed by atoms with Crippen LogP contribution >= 0.6 is 0 Å². The van der Waals surface area contributed by atoms with Crippen molar-refractivity contribution in [2.75, 3.05) is 0 Å². The van der Waals surface area contributed by atoms with Crippen molar-refractivity contribution in [2.24, 2.45) is 0 Å². The van der Waals surface area contributed by atoms with E-state index in [9.17, 15) is 0 Å². The lowest BCUT2D eigenvalue weighted by Crippen LogP contribution is -2.14. The predicted molar refractivity (Wildman–Crippen MR) is 204 cm³/mol. The minimum atomic E-state index is -0.0784. The van der Waals surface area contributed by atoms with Gasteiger partial charge in [-0.25, -0.2) is 0 Å². The topological polar surface area (TPSA) is 31.0 Å². The lowest BCUT2D eigenvalue weighted by Gasteiger charge is -2.21. The summed E-state index contributed by atoms with van der Waals surface area (Å²) in [5, 5.41) is 8.27. The monoisotopic (exact) mass is 626 g/mol. The van der Waals surface area contributed by atoms with Gasteiger partial charge < -0.3 is 8.98 Å². The fourth-order valence-electron chi connectivity index (χ4n) is 8.67. The molecule has 0 bridgehead atoms. The Balaban J connectivity index is 1.15. The minimum Gasteiger partial charge on any atom is -0.456 e. The van der Waals surface area contributed by atoms with Gasteiger partial charge in [0.05, 0.1) is 16.6 Å². The molecular weight excluding hydrogens is 597 g/mol. The number of hydrogen-bond acceptors (Lipinski definition) is 2. The Morgan fingerprint density at radius 3 is 2.24 bits per heavy atom. The van der Waals surface area contributed by atoms with Crippen molar-refractivity contribution < 1.29 is 4.42 Å². The van der Waals surface area contributed by atoms with Crippen LogP contribution in [0.5, 0.6) is 0 Å². The van der Waals surface area contributed by atoms with Crippen LogP contribution in [-0.4, -0.2) is 9.55 Å². The summed E-state index contributed by atoms with van der Waals surface area (Å²) in [6.45, 7) is 4.71. The lowest BCUT2D eigenvalue weighted by molar-refractivity contribution is 0.661. The molecule has 0 saturated carbocycles. The molecule has 1 aliphatic carbocycles. The lowest BCUT2D eigenvalue weighted by atomic mass is 9.82. The predicted octanol–water partition coefficient (Wildman–Crippen LogP) is 12.4. The Hall–Kier alpha value is -6.19. The third-order valence-electron chi connectivity index (χ3n) is 11.0. The molecule has 1 aliphatic rings. The number of hydrogen-bond donors (Lipinski definition) is 0. The number of para-hydroxylation sites is 1. The molecule has 10 aromatic rings. The van der Waals surface area contributed by atoms with Crippen molar-refractivity contribution in [1.29, 1.82) is 0 Å². The van der Waals surface area contributed by atoms with Crippen LogP contribution in [-0.2, 0) is 5.41 Å². The van der Waals surface area contributed by atoms with Gasteiger partial charge in [-0.3, -0.25) is 4.98 Å². The number of furan rings is 1. The van der Waals surface area contributed by atoms with Gasteiger partial charge in [0.2, 0.25) is 0 Å². The maximum Gasteiger partial charge on any atom is 0.135 e. The largest absolute Gasteiger partial charge is 0.456 e. The van der Waals surface area contributed by atoms with Gasteiger partial charge in [0.15, 0.2) is 0 Å². The number of rotatable bonds is 2. The number of aromatic nitrogens is 2. The molecule has 3 nitrogen and oxygen atoms in total. The van der Waals surface area contributed by atoms with Gasteiger partial charge in [-0.1, -0.05) is 98.8 Å². The van der Waals surface area contributed by atoms with E-state index in [4.69, 9.17) is 9.40 Å². The van der Waals surface area contributed by atoms with Crippen molar-refractivity contribution >= 4 is 65.4 Å². The van der Waals surface area contributed by atoms with Crippen LogP contribution in [0, 0.1) is 0 Å². The number of fused-ring (bicyclic) bond motifs is 12. The Bertz CT molecular complexity index is 3030. The van der Waals surface area contributed by atoms with Gasteiger partial charge in [-0.05, 0) is 93.4 Å². The average molecular weight is 627 g/mol. The molecule has 0 spiro atoms. The Kier molecular flexibility index (Phi) is 5.18. The molecule has 0 fully saturated rings. The highest BCUT2D eigenvalue weighted by molar-refractivity contribution is 6.15. The van der Waals surface area contributed by atoms with Gasteiger partial charge in [0, 0.05) is 49.6 Å². The van der Waals surface area contributed by atoms with E-state index < -0.39 is 0 Å². The van der Waals surface area contributed by atoms with E-state index in [2.05, 4.69) is 152 Å². The zero-order valence-corrected chi connectivity index (χ0v) is 27.2. The standard InChI is InChI=1S/C46H30N2O/c1-46(2)38-14-5-3-11-32(38)34-25-35-33-12-4-6-15-40(33)48(41(35)26-39(34)46)30-19-21-43-37(24-30)36-23-29(18-20-42(36)49-43)31-13-7-9-27-16-17-28-10-8-22-47-45(28)44(27)31/h3-26H,1-2H3. The molecule has 0 unspecified atom stereocenters. The van der Waals surface area contributed by atoms with Crippen LogP contribution in [0.15, 0.2) is 150 Å². The van der Waals surface area contributed by atoms with Crippen molar-refractivity contribution in [3.63, 3.8) is 0 Å². The summed E-state index contributed by atoms with van der Waals surface area (Å²) in [5.74, 6) is 0. The summed E-state index contributed by atoms with van der Waals surface area (Å²) in [7, 11) is 0. The smallest absolute Gasteiger partial charge is 0.135 e. The van der Waals surface area contributed by atoms with E-state index in [0.29, 0.717) is 0 Å². The van der Waals surface area contributed by atoms with E-state index in [1.807, 2.05) is 12.3 Å². The second kappa shape index (κ2) is 9.46. The zero-order valence-electron chi connectivity index (χ0n) is 27.2. The normalized spacial score (nSPS) is 13.7. The van der Waals surface area contributed by atoms with Crippen molar-refractivity contribution in [2.45, 2.75) is 19.3 Å². The fraction of sp³-hybridized carbons (Fsp3) is 0.0652. The average Bonchev–Trinajstić information content (AvgIpc) is 3.75. The van der Waals surface area contributed by atoms with E-state index in [0.717, 1.165) is 44.1 Å². The highest BCUT2D eigenvalue weighted by Gasteiger charge is 2.36. The molecule has 3 aromatic heterocycles. The number of pyridine rings is 1. The summed E-state index contributed by atoms with van der Waals surface area (Å²) in [6, 6.07) is 50.8. The molecule has 0 atom stereocenters. The molecule has 0 N–H and O–H groups in total. The van der Waals surface area contributed by atoms with Crippen molar-refractivity contribution in [3.8, 4) is 27.9 Å². The molecule has 3 heterocycles. The third kappa shape index (κ3) is 3.59. The number of nitrogens with zero attached hydrogens (tertiary/aromatic N) is 2. The first-order chi connectivity index (χ1) is 24.0. The summed E-state index contributed by atoms with van der Waals surface area (Å²) >= 11 is 0. The maximum atomic E-state index is 6.45. The van der Waals surface area contributed by atoms with E-state index >= 15 is 0 Å². The molecule has 0 radical (unpaired) electrons. The van der Waals surface area contributed by atoms with Crippen LogP contribution in [0.25, 0.3) is 93.4 Å². The van der Waals surface area contributed by atoms with E-state index in [1.165, 1.54) is 60.4 Å². The zero-order chi connectivity index (χ0) is 32.4. The highest BCUT2D eigenvalue weighted by atomic mass is 16.3. The van der Waals surface area contributed by atoms with Gasteiger partial charge in [0.1, 0.15) is 11.2 Å². The molecule has 0 saturated heterocycles. The first-order valence-electron chi connectivity index (χ1n) is 17.0. The van der Waals surface area contributed by atoms with Gasteiger partial charge in [-0.15, -0.1) is 0 Å². The second-order valence-corrected chi connectivity index (χ2v) is 14.0. The van der Waals surface area contributed by atoms with E-state index in [1.54, 1.807) is 0 Å². The first kappa shape index (κ1) is 26.8. The van der Waals surface area contributed by atoms with Gasteiger partial charge >= 0.3 is 0 Å². The van der Waals surface area contributed by atoms with Crippen LogP contribution in [0.1, 0.15) is 25.0 Å². The van der Waals surface area contributed by atoms with Crippen LogP contribution in [0.4, 0.5) is 0 Å². The molecular formula is C46H30N2O. The molecule has 230 valence electrons. The molecule has 49 heavy (non-hydrogen) atoms. The summed E-state index contributed by atoms with van der Waals surface area (Å²) in [4.78, 5) is 4.81. The van der Waals surface area contributed by atoms with Gasteiger partial charge in [-0.2, -0.15) is 0 Å². The van der Waals surface area contributed by atoms with Crippen LogP contribution < -0.4 is 0 Å². The van der Waals surface area contributed by atoms with Crippen molar-refractivity contribution in [3.05, 3.63) is 157 Å². The summed E-state index contributed by atoms with van der Waals surface area (Å²) in [6.07, 6.45) is 1.88. The fourth-order valence-corrected chi connectivity index (χ4v) is 8.67. The summed E-state index contributed by atoms with van der Waals surface area (Å²) < 4.78 is 8.89. The Morgan fingerprint density at radius 1 is 0.531 bits per heavy atom.